The van der Waals surface area contributed by atoms with Gasteiger partial charge in [-0.2, -0.15) is 0 Å². The highest BCUT2D eigenvalue weighted by Crippen LogP contribution is 2.40. The predicted octanol–water partition coefficient (Wildman–Crippen LogP) is 2.07. The SMILES string of the molecule is COc1ccc(-c2nc3ccccn3c2N)c2c1NC(=O)CC2.Cl.O. The molecule has 1 aliphatic rings. The Balaban J connectivity index is 0.00000113. The van der Waals surface area contributed by atoms with Crippen molar-refractivity contribution in [1.29, 1.82) is 0 Å². The molecule has 0 bridgehead atoms. The standard InChI is InChI=1S/C17H16N4O2.ClH.H2O/c1-23-12-7-5-11(10-6-8-14(22)20-15(10)12)16-17(18)21-9-3-2-4-13(21)19-16;;/h2-5,7,9H,6,8,18H2,1H3,(H,20,22);1H;1H2. The van der Waals surface area contributed by atoms with Crippen LogP contribution >= 0.6 is 12.4 Å². The van der Waals surface area contributed by atoms with Crippen LogP contribution in [0.2, 0.25) is 0 Å². The van der Waals surface area contributed by atoms with Crippen LogP contribution in [0.5, 0.6) is 5.75 Å². The molecule has 25 heavy (non-hydrogen) atoms. The van der Waals surface area contributed by atoms with Gasteiger partial charge in [-0.15, -0.1) is 12.4 Å². The number of methoxy groups -OCH3 is 1. The fourth-order valence-electron chi connectivity index (χ4n) is 3.07. The molecule has 7 nitrogen and oxygen atoms in total. The number of amides is 1. The molecule has 0 fully saturated rings. The molecule has 0 radical (unpaired) electrons. The maximum Gasteiger partial charge on any atom is 0.224 e. The molecule has 4 rings (SSSR count). The van der Waals surface area contributed by atoms with E-state index in [1.165, 1.54) is 0 Å². The van der Waals surface area contributed by atoms with Crippen molar-refractivity contribution in [1.82, 2.24) is 9.38 Å². The molecule has 1 aromatic carbocycles. The number of nitrogens with zero attached hydrogens (tertiary/aromatic N) is 2. The van der Waals surface area contributed by atoms with Gasteiger partial charge in [0.2, 0.25) is 5.91 Å². The largest absolute Gasteiger partial charge is 0.495 e. The minimum Gasteiger partial charge on any atom is -0.495 e. The number of rotatable bonds is 2. The summed E-state index contributed by atoms with van der Waals surface area (Å²) in [6.07, 6.45) is 2.97. The molecule has 0 unspecified atom stereocenters. The molecule has 8 heteroatoms. The zero-order valence-corrected chi connectivity index (χ0v) is 14.4. The number of hydrogen-bond donors (Lipinski definition) is 2. The van der Waals surface area contributed by atoms with Crippen LogP contribution in [0, 0.1) is 0 Å². The summed E-state index contributed by atoms with van der Waals surface area (Å²) in [6.45, 7) is 0. The Labute approximate surface area is 150 Å². The molecule has 0 saturated carbocycles. The number of fused-ring (bicyclic) bond motifs is 2. The monoisotopic (exact) mass is 362 g/mol. The Kier molecular flexibility index (Phi) is 5.20. The second-order valence-corrected chi connectivity index (χ2v) is 5.49. The molecule has 1 amide bonds. The lowest BCUT2D eigenvalue weighted by Gasteiger charge is -2.22. The molecule has 0 saturated heterocycles. The van der Waals surface area contributed by atoms with Crippen LogP contribution in [0.25, 0.3) is 16.9 Å². The van der Waals surface area contributed by atoms with E-state index in [1.54, 1.807) is 7.11 Å². The summed E-state index contributed by atoms with van der Waals surface area (Å²) < 4.78 is 7.22. The molecule has 3 aromatic rings. The Morgan fingerprint density at radius 3 is 2.76 bits per heavy atom. The van der Waals surface area contributed by atoms with Crippen LogP contribution in [0.4, 0.5) is 11.5 Å². The maximum absolute atomic E-state index is 11.7. The summed E-state index contributed by atoms with van der Waals surface area (Å²) in [6, 6.07) is 9.54. The number of ether oxygens (including phenoxy) is 1. The Bertz CT molecular complexity index is 939. The van der Waals surface area contributed by atoms with Crippen molar-refractivity contribution in [2.75, 3.05) is 18.2 Å². The van der Waals surface area contributed by atoms with Crippen molar-refractivity contribution in [2.45, 2.75) is 12.8 Å². The van der Waals surface area contributed by atoms with Crippen LogP contribution in [0.15, 0.2) is 36.5 Å². The predicted molar refractivity (Wildman–Crippen MR) is 99.4 cm³/mol. The number of carbonyl (C=O) groups excluding carboxylic acids is 1. The van der Waals surface area contributed by atoms with Crippen molar-refractivity contribution in [3.8, 4) is 17.0 Å². The van der Waals surface area contributed by atoms with Gasteiger partial charge in [-0.3, -0.25) is 9.20 Å². The molecule has 5 N–H and O–H groups in total. The van der Waals surface area contributed by atoms with E-state index < -0.39 is 0 Å². The molecule has 0 aliphatic carbocycles. The molecule has 2 aromatic heterocycles. The second-order valence-electron chi connectivity index (χ2n) is 5.49. The quantitative estimate of drug-likeness (QED) is 0.726. The van der Waals surface area contributed by atoms with E-state index >= 15 is 0 Å². The van der Waals surface area contributed by atoms with E-state index in [4.69, 9.17) is 10.5 Å². The smallest absolute Gasteiger partial charge is 0.224 e. The molecule has 0 spiro atoms. The summed E-state index contributed by atoms with van der Waals surface area (Å²) in [7, 11) is 1.59. The number of benzene rings is 1. The van der Waals surface area contributed by atoms with E-state index in [9.17, 15) is 4.79 Å². The van der Waals surface area contributed by atoms with Crippen molar-refractivity contribution in [2.24, 2.45) is 0 Å². The molecule has 132 valence electrons. The number of carbonyl (C=O) groups is 1. The fraction of sp³-hybridized carbons (Fsp3) is 0.176. The zero-order chi connectivity index (χ0) is 16.0. The van der Waals surface area contributed by atoms with Gasteiger partial charge in [0.25, 0.3) is 0 Å². The topological polar surface area (TPSA) is 113 Å². The summed E-state index contributed by atoms with van der Waals surface area (Å²) >= 11 is 0. The summed E-state index contributed by atoms with van der Waals surface area (Å²) in [5.74, 6) is 1.24. The minimum absolute atomic E-state index is 0. The number of pyridine rings is 1. The Morgan fingerprint density at radius 1 is 1.24 bits per heavy atom. The minimum atomic E-state index is -0.00377. The highest BCUT2D eigenvalue weighted by Gasteiger charge is 2.24. The number of nitrogen functional groups attached to an aromatic ring is 1. The average Bonchev–Trinajstić information content (AvgIpc) is 2.91. The van der Waals surface area contributed by atoms with Gasteiger partial charge in [0.05, 0.1) is 12.8 Å². The first-order valence-corrected chi connectivity index (χ1v) is 7.41. The molecular weight excluding hydrogens is 344 g/mol. The number of nitrogens with one attached hydrogen (secondary N) is 1. The van der Waals surface area contributed by atoms with Crippen molar-refractivity contribution >= 4 is 35.5 Å². The first-order chi connectivity index (χ1) is 11.2. The Morgan fingerprint density at radius 2 is 2.04 bits per heavy atom. The number of aromatic nitrogens is 2. The summed E-state index contributed by atoms with van der Waals surface area (Å²) in [5.41, 5.74) is 10.5. The zero-order valence-electron chi connectivity index (χ0n) is 13.6. The highest BCUT2D eigenvalue weighted by atomic mass is 35.5. The van der Waals surface area contributed by atoms with Gasteiger partial charge >= 0.3 is 0 Å². The third-order valence-corrected chi connectivity index (χ3v) is 4.18. The number of hydrogen-bond acceptors (Lipinski definition) is 4. The third kappa shape index (κ3) is 2.88. The van der Waals surface area contributed by atoms with Crippen molar-refractivity contribution in [3.05, 3.63) is 42.1 Å². The molecule has 3 heterocycles. The number of anilines is 2. The lowest BCUT2D eigenvalue weighted by Crippen LogP contribution is -2.20. The van der Waals surface area contributed by atoms with E-state index in [0.29, 0.717) is 24.4 Å². The molecular formula is C17H19ClN4O3. The van der Waals surface area contributed by atoms with E-state index in [-0.39, 0.29) is 23.8 Å². The van der Waals surface area contributed by atoms with Crippen LogP contribution in [0.3, 0.4) is 0 Å². The highest BCUT2D eigenvalue weighted by molar-refractivity contribution is 5.98. The van der Waals surface area contributed by atoms with E-state index in [2.05, 4.69) is 10.3 Å². The van der Waals surface area contributed by atoms with Gasteiger partial charge in [0, 0.05) is 18.2 Å². The number of nitrogens with two attached hydrogens (primary N) is 1. The first-order valence-electron chi connectivity index (χ1n) is 7.41. The lowest BCUT2D eigenvalue weighted by molar-refractivity contribution is -0.116. The van der Waals surface area contributed by atoms with Crippen LogP contribution < -0.4 is 15.8 Å². The lowest BCUT2D eigenvalue weighted by atomic mass is 9.94. The van der Waals surface area contributed by atoms with Gasteiger partial charge in [0.15, 0.2) is 0 Å². The van der Waals surface area contributed by atoms with Gasteiger partial charge in [-0.1, -0.05) is 6.07 Å². The maximum atomic E-state index is 11.7. The average molecular weight is 363 g/mol. The molecule has 1 aliphatic heterocycles. The normalized spacial score (nSPS) is 12.6. The van der Waals surface area contributed by atoms with Gasteiger partial charge in [0.1, 0.15) is 22.9 Å². The van der Waals surface area contributed by atoms with Crippen LogP contribution in [-0.2, 0) is 11.2 Å². The van der Waals surface area contributed by atoms with Crippen LogP contribution in [0.1, 0.15) is 12.0 Å². The van der Waals surface area contributed by atoms with Crippen molar-refractivity contribution in [3.63, 3.8) is 0 Å². The van der Waals surface area contributed by atoms with Gasteiger partial charge in [-0.05, 0) is 36.2 Å². The fourth-order valence-corrected chi connectivity index (χ4v) is 3.07. The first kappa shape index (κ1) is 18.6. The third-order valence-electron chi connectivity index (χ3n) is 4.18. The Hall–Kier alpha value is -2.77. The van der Waals surface area contributed by atoms with E-state index in [0.717, 1.165) is 28.2 Å². The number of imidazole rings is 1. The second kappa shape index (κ2) is 7.00. The van der Waals surface area contributed by atoms with Gasteiger partial charge in [-0.25, -0.2) is 4.98 Å². The van der Waals surface area contributed by atoms with E-state index in [1.807, 2.05) is 40.9 Å². The molecule has 0 atom stereocenters. The van der Waals surface area contributed by atoms with Gasteiger partial charge < -0.3 is 21.3 Å². The summed E-state index contributed by atoms with van der Waals surface area (Å²) in [4.78, 5) is 16.4. The summed E-state index contributed by atoms with van der Waals surface area (Å²) in [5, 5.41) is 2.90. The van der Waals surface area contributed by atoms with Crippen molar-refractivity contribution < 1.29 is 15.0 Å². The van der Waals surface area contributed by atoms with Crippen LogP contribution in [-0.4, -0.2) is 27.9 Å². The number of halogens is 1.